The fourth-order valence-corrected chi connectivity index (χ4v) is 1.25. The van der Waals surface area contributed by atoms with Crippen LogP contribution in [-0.4, -0.2) is 5.91 Å². The number of primary amides is 1. The molecule has 0 radical (unpaired) electrons. The summed E-state index contributed by atoms with van der Waals surface area (Å²) in [7, 11) is 0. The van der Waals surface area contributed by atoms with Crippen LogP contribution in [0.3, 0.4) is 0 Å². The average Bonchev–Trinajstić information content (AvgIpc) is 2.07. The Morgan fingerprint density at radius 3 is 2.57 bits per heavy atom. The smallest absolute Gasteiger partial charge is 0.221 e. The fraction of sp³-hybridized carbons (Fsp3) is 0.364. The summed E-state index contributed by atoms with van der Waals surface area (Å²) < 4.78 is 13.4. The third-order valence-corrected chi connectivity index (χ3v) is 2.11. The molecule has 0 aliphatic rings. The molecule has 1 aromatic carbocycles. The van der Waals surface area contributed by atoms with Gasteiger partial charge in [0.1, 0.15) is 5.82 Å². The van der Waals surface area contributed by atoms with Crippen LogP contribution in [0.5, 0.6) is 0 Å². The second kappa shape index (κ2) is 4.22. The second-order valence-corrected chi connectivity index (χ2v) is 3.65. The number of carbonyl (C=O) groups is 1. The van der Waals surface area contributed by atoms with Crippen LogP contribution in [0.15, 0.2) is 18.2 Å². The zero-order valence-electron chi connectivity index (χ0n) is 8.38. The molecule has 0 saturated carbocycles. The maximum Gasteiger partial charge on any atom is 0.221 e. The Balaban J connectivity index is 2.95. The molecule has 0 aromatic heterocycles. The van der Waals surface area contributed by atoms with Gasteiger partial charge in [-0.05, 0) is 23.1 Å². The summed E-state index contributed by atoms with van der Waals surface area (Å²) in [5, 5.41) is 0. The molecule has 0 atom stereocenters. The monoisotopic (exact) mass is 195 g/mol. The number of hydrogen-bond donors (Lipinski definition) is 1. The molecule has 1 aromatic rings. The quantitative estimate of drug-likeness (QED) is 0.787. The van der Waals surface area contributed by atoms with Crippen molar-refractivity contribution >= 4 is 5.91 Å². The minimum Gasteiger partial charge on any atom is -0.369 e. The fourth-order valence-electron chi connectivity index (χ4n) is 1.25. The zero-order chi connectivity index (χ0) is 10.7. The summed E-state index contributed by atoms with van der Waals surface area (Å²) in [4.78, 5) is 10.6. The molecular formula is C11H14FNO. The van der Waals surface area contributed by atoms with E-state index in [-0.39, 0.29) is 18.2 Å². The van der Waals surface area contributed by atoms with E-state index in [0.717, 1.165) is 5.56 Å². The van der Waals surface area contributed by atoms with E-state index in [1.165, 1.54) is 6.07 Å². The van der Waals surface area contributed by atoms with E-state index in [1.807, 2.05) is 19.9 Å². The number of halogens is 1. The van der Waals surface area contributed by atoms with Crippen LogP contribution < -0.4 is 5.73 Å². The number of benzene rings is 1. The predicted octanol–water partition coefficient (Wildman–Crippen LogP) is 1.98. The van der Waals surface area contributed by atoms with Gasteiger partial charge in [-0.25, -0.2) is 4.39 Å². The summed E-state index contributed by atoms with van der Waals surface area (Å²) in [6.45, 7) is 3.98. The normalized spacial score (nSPS) is 10.6. The van der Waals surface area contributed by atoms with Crippen molar-refractivity contribution < 1.29 is 9.18 Å². The largest absolute Gasteiger partial charge is 0.369 e. The zero-order valence-corrected chi connectivity index (χ0v) is 8.38. The molecule has 0 saturated heterocycles. The molecule has 1 amide bonds. The molecule has 2 nitrogen and oxygen atoms in total. The molecule has 0 bridgehead atoms. The molecule has 0 aliphatic carbocycles. The van der Waals surface area contributed by atoms with Crippen molar-refractivity contribution in [3.8, 4) is 0 Å². The maximum atomic E-state index is 13.4. The Kier molecular flexibility index (Phi) is 3.23. The number of amides is 1. The van der Waals surface area contributed by atoms with E-state index in [0.29, 0.717) is 5.56 Å². The van der Waals surface area contributed by atoms with Crippen molar-refractivity contribution in [1.82, 2.24) is 0 Å². The highest BCUT2D eigenvalue weighted by Crippen LogP contribution is 2.18. The minimum atomic E-state index is -0.513. The van der Waals surface area contributed by atoms with E-state index in [4.69, 9.17) is 5.73 Å². The van der Waals surface area contributed by atoms with Gasteiger partial charge >= 0.3 is 0 Å². The van der Waals surface area contributed by atoms with Gasteiger partial charge in [0.2, 0.25) is 5.91 Å². The van der Waals surface area contributed by atoms with Crippen LogP contribution in [0.25, 0.3) is 0 Å². The van der Waals surface area contributed by atoms with Crippen LogP contribution >= 0.6 is 0 Å². The molecule has 1 rings (SSSR count). The summed E-state index contributed by atoms with van der Waals surface area (Å²) in [6, 6.07) is 4.91. The van der Waals surface area contributed by atoms with E-state index < -0.39 is 5.91 Å². The summed E-state index contributed by atoms with van der Waals surface area (Å²) in [5.74, 6) is -0.580. The Morgan fingerprint density at radius 2 is 2.14 bits per heavy atom. The Bertz CT molecular complexity index is 347. The lowest BCUT2D eigenvalue weighted by atomic mass is 10.0. The predicted molar refractivity (Wildman–Crippen MR) is 53.4 cm³/mol. The van der Waals surface area contributed by atoms with Crippen LogP contribution in [0.4, 0.5) is 4.39 Å². The highest BCUT2D eigenvalue weighted by Gasteiger charge is 2.07. The van der Waals surface area contributed by atoms with Crippen LogP contribution in [0.2, 0.25) is 0 Å². The lowest BCUT2D eigenvalue weighted by Gasteiger charge is -2.07. The van der Waals surface area contributed by atoms with Gasteiger partial charge in [-0.1, -0.05) is 26.0 Å². The molecule has 0 unspecified atom stereocenters. The maximum absolute atomic E-state index is 13.4. The lowest BCUT2D eigenvalue weighted by Crippen LogP contribution is -2.14. The van der Waals surface area contributed by atoms with Gasteiger partial charge in [0.15, 0.2) is 0 Å². The molecule has 3 heteroatoms. The number of nitrogens with two attached hydrogens (primary N) is 1. The van der Waals surface area contributed by atoms with Crippen molar-refractivity contribution in [3.05, 3.63) is 35.1 Å². The minimum absolute atomic E-state index is 0.0375. The average molecular weight is 195 g/mol. The van der Waals surface area contributed by atoms with Gasteiger partial charge < -0.3 is 5.73 Å². The van der Waals surface area contributed by atoms with Crippen molar-refractivity contribution in [3.63, 3.8) is 0 Å². The highest BCUT2D eigenvalue weighted by molar-refractivity contribution is 5.76. The first-order chi connectivity index (χ1) is 6.50. The van der Waals surface area contributed by atoms with Gasteiger partial charge in [0, 0.05) is 0 Å². The van der Waals surface area contributed by atoms with Crippen LogP contribution in [-0.2, 0) is 11.2 Å². The second-order valence-electron chi connectivity index (χ2n) is 3.65. The molecule has 0 aliphatic heterocycles. The van der Waals surface area contributed by atoms with Crippen LogP contribution in [0.1, 0.15) is 30.9 Å². The molecule has 2 N–H and O–H groups in total. The summed E-state index contributed by atoms with van der Waals surface area (Å²) in [6.07, 6.45) is -0.0375. The van der Waals surface area contributed by atoms with Crippen molar-refractivity contribution in [2.24, 2.45) is 5.73 Å². The standard InChI is InChI=1S/C11H14FNO/c1-7(2)8-3-4-9(6-11(13)14)10(12)5-8/h3-5,7H,6H2,1-2H3,(H2,13,14). The van der Waals surface area contributed by atoms with E-state index in [2.05, 4.69) is 0 Å². The summed E-state index contributed by atoms with van der Waals surface area (Å²) in [5.41, 5.74) is 6.28. The number of carbonyl (C=O) groups excluding carboxylic acids is 1. The molecule has 76 valence electrons. The van der Waals surface area contributed by atoms with Gasteiger partial charge in [-0.3, -0.25) is 4.79 Å². The number of rotatable bonds is 3. The SMILES string of the molecule is CC(C)c1ccc(CC(N)=O)c(F)c1. The first-order valence-corrected chi connectivity index (χ1v) is 4.57. The Morgan fingerprint density at radius 1 is 1.50 bits per heavy atom. The van der Waals surface area contributed by atoms with Gasteiger partial charge in [0.05, 0.1) is 6.42 Å². The third-order valence-electron chi connectivity index (χ3n) is 2.11. The molecule has 14 heavy (non-hydrogen) atoms. The van der Waals surface area contributed by atoms with Gasteiger partial charge in [0.25, 0.3) is 0 Å². The van der Waals surface area contributed by atoms with E-state index >= 15 is 0 Å². The third kappa shape index (κ3) is 2.55. The van der Waals surface area contributed by atoms with Crippen LogP contribution in [0, 0.1) is 5.82 Å². The topological polar surface area (TPSA) is 43.1 Å². The lowest BCUT2D eigenvalue weighted by molar-refractivity contribution is -0.117. The molecular weight excluding hydrogens is 181 g/mol. The molecule has 0 spiro atoms. The van der Waals surface area contributed by atoms with Crippen molar-refractivity contribution in [2.75, 3.05) is 0 Å². The van der Waals surface area contributed by atoms with Gasteiger partial charge in [-0.15, -0.1) is 0 Å². The number of hydrogen-bond acceptors (Lipinski definition) is 1. The Labute approximate surface area is 82.9 Å². The first kappa shape index (κ1) is 10.7. The Hall–Kier alpha value is -1.38. The summed E-state index contributed by atoms with van der Waals surface area (Å²) >= 11 is 0. The molecule has 0 heterocycles. The molecule has 0 fully saturated rings. The van der Waals surface area contributed by atoms with E-state index in [9.17, 15) is 9.18 Å². The van der Waals surface area contributed by atoms with E-state index in [1.54, 1.807) is 6.07 Å². The van der Waals surface area contributed by atoms with Gasteiger partial charge in [-0.2, -0.15) is 0 Å². The highest BCUT2D eigenvalue weighted by atomic mass is 19.1. The van der Waals surface area contributed by atoms with Crippen molar-refractivity contribution in [2.45, 2.75) is 26.2 Å². The first-order valence-electron chi connectivity index (χ1n) is 4.57. The van der Waals surface area contributed by atoms with Crippen molar-refractivity contribution in [1.29, 1.82) is 0 Å².